The summed E-state index contributed by atoms with van der Waals surface area (Å²) >= 11 is 3.43. The van der Waals surface area contributed by atoms with Crippen molar-refractivity contribution in [2.45, 2.75) is 31.8 Å². The molecule has 2 heterocycles. The highest BCUT2D eigenvalue weighted by atomic mass is 79.9. The van der Waals surface area contributed by atoms with Crippen molar-refractivity contribution in [2.24, 2.45) is 0 Å². The number of hydrogen-bond donors (Lipinski definition) is 1. The van der Waals surface area contributed by atoms with Crippen molar-refractivity contribution in [3.05, 3.63) is 28.6 Å². The number of nitrogens with one attached hydrogen (secondary N) is 1. The van der Waals surface area contributed by atoms with E-state index in [0.717, 1.165) is 53.9 Å². The Labute approximate surface area is 120 Å². The molecule has 1 unspecified atom stereocenters. The van der Waals surface area contributed by atoms with Crippen LogP contribution in [0.1, 0.15) is 25.2 Å². The van der Waals surface area contributed by atoms with Gasteiger partial charge < -0.3 is 14.5 Å². The molecule has 1 aliphatic rings. The summed E-state index contributed by atoms with van der Waals surface area (Å²) in [6.45, 7) is 2.41. The molecule has 3 rings (SSSR count). The molecule has 4 nitrogen and oxygen atoms in total. The summed E-state index contributed by atoms with van der Waals surface area (Å²) in [6.07, 6.45) is 3.34. The van der Waals surface area contributed by atoms with Gasteiger partial charge in [0.15, 0.2) is 5.58 Å². The monoisotopic (exact) mass is 324 g/mol. The lowest BCUT2D eigenvalue weighted by molar-refractivity contribution is 0.142. The number of hydrogen-bond acceptors (Lipinski definition) is 4. The van der Waals surface area contributed by atoms with Crippen molar-refractivity contribution in [3.8, 4) is 0 Å². The van der Waals surface area contributed by atoms with Gasteiger partial charge in [0.1, 0.15) is 5.52 Å². The van der Waals surface area contributed by atoms with E-state index >= 15 is 0 Å². The Morgan fingerprint density at radius 1 is 1.32 bits per heavy atom. The summed E-state index contributed by atoms with van der Waals surface area (Å²) in [5, 5.41) is 3.51. The van der Waals surface area contributed by atoms with Crippen molar-refractivity contribution >= 4 is 27.0 Å². The van der Waals surface area contributed by atoms with E-state index in [0.29, 0.717) is 12.6 Å². The molecule has 0 amide bonds. The number of ether oxygens (including phenoxy) is 1. The summed E-state index contributed by atoms with van der Waals surface area (Å²) in [5.41, 5.74) is 1.74. The minimum atomic E-state index is 0.504. The van der Waals surface area contributed by atoms with E-state index in [1.165, 1.54) is 0 Å². The highest BCUT2D eigenvalue weighted by Gasteiger charge is 2.13. The van der Waals surface area contributed by atoms with Crippen molar-refractivity contribution in [1.82, 2.24) is 10.3 Å². The van der Waals surface area contributed by atoms with Crippen molar-refractivity contribution in [2.75, 3.05) is 13.2 Å². The molecule has 1 N–H and O–H groups in total. The van der Waals surface area contributed by atoms with Gasteiger partial charge in [-0.3, -0.25) is 0 Å². The van der Waals surface area contributed by atoms with Crippen LogP contribution >= 0.6 is 15.9 Å². The molecule has 1 aromatic heterocycles. The van der Waals surface area contributed by atoms with Crippen LogP contribution in [0, 0.1) is 0 Å². The first-order valence-corrected chi connectivity index (χ1v) is 7.47. The molecule has 0 spiro atoms. The Morgan fingerprint density at radius 2 is 2.26 bits per heavy atom. The van der Waals surface area contributed by atoms with E-state index in [4.69, 9.17) is 9.15 Å². The number of halogens is 1. The molecule has 19 heavy (non-hydrogen) atoms. The predicted octanol–water partition coefficient (Wildman–Crippen LogP) is 3.25. The number of nitrogens with zero attached hydrogens (tertiary/aromatic N) is 1. The molecular weight excluding hydrogens is 308 g/mol. The van der Waals surface area contributed by atoms with E-state index in [9.17, 15) is 0 Å². The average Bonchev–Trinajstić information content (AvgIpc) is 2.63. The molecule has 1 fully saturated rings. The van der Waals surface area contributed by atoms with Gasteiger partial charge in [-0.25, -0.2) is 4.98 Å². The molecule has 0 aliphatic carbocycles. The third kappa shape index (κ3) is 3.35. The van der Waals surface area contributed by atoms with Crippen LogP contribution < -0.4 is 5.32 Å². The summed E-state index contributed by atoms with van der Waals surface area (Å²) in [4.78, 5) is 4.48. The molecule has 0 radical (unpaired) electrons. The molecule has 1 aromatic carbocycles. The van der Waals surface area contributed by atoms with Gasteiger partial charge >= 0.3 is 0 Å². The van der Waals surface area contributed by atoms with E-state index < -0.39 is 0 Å². The maximum absolute atomic E-state index is 5.74. The predicted molar refractivity (Wildman–Crippen MR) is 77.0 cm³/mol. The standard InChI is InChI=1S/C14H17BrN2O2/c15-10-3-4-12-13(8-10)19-14(17-12)9-16-11-2-1-6-18-7-5-11/h3-4,8,11,16H,1-2,5-7,9H2. The molecule has 102 valence electrons. The number of aromatic nitrogens is 1. The molecule has 2 aromatic rings. The minimum absolute atomic E-state index is 0.504. The third-order valence-electron chi connectivity index (χ3n) is 3.39. The Kier molecular flexibility index (Phi) is 4.15. The SMILES string of the molecule is Brc1ccc2nc(CNC3CCCOCC3)oc2c1. The lowest BCUT2D eigenvalue weighted by Gasteiger charge is -2.13. The first-order valence-electron chi connectivity index (χ1n) is 6.67. The molecule has 5 heteroatoms. The van der Waals surface area contributed by atoms with Gasteiger partial charge in [-0.1, -0.05) is 15.9 Å². The minimum Gasteiger partial charge on any atom is -0.439 e. The van der Waals surface area contributed by atoms with Crippen LogP contribution in [0.15, 0.2) is 27.1 Å². The van der Waals surface area contributed by atoms with Crippen molar-refractivity contribution in [1.29, 1.82) is 0 Å². The van der Waals surface area contributed by atoms with Gasteiger partial charge in [0.05, 0.1) is 6.54 Å². The maximum atomic E-state index is 5.74. The second-order valence-corrected chi connectivity index (χ2v) is 5.76. The highest BCUT2D eigenvalue weighted by Crippen LogP contribution is 2.20. The summed E-state index contributed by atoms with van der Waals surface area (Å²) in [6, 6.07) is 6.39. The fourth-order valence-electron chi connectivity index (χ4n) is 2.36. The fourth-order valence-corrected chi connectivity index (χ4v) is 2.70. The lowest BCUT2D eigenvalue weighted by atomic mass is 10.1. The quantitative estimate of drug-likeness (QED) is 0.941. The fraction of sp³-hybridized carbons (Fsp3) is 0.500. The van der Waals surface area contributed by atoms with Crippen LogP contribution in [0.25, 0.3) is 11.1 Å². The molecule has 1 aliphatic heterocycles. The van der Waals surface area contributed by atoms with Gasteiger partial charge in [0, 0.05) is 23.7 Å². The van der Waals surface area contributed by atoms with Gasteiger partial charge in [-0.05, 0) is 37.5 Å². The zero-order chi connectivity index (χ0) is 13.1. The van der Waals surface area contributed by atoms with E-state index in [-0.39, 0.29) is 0 Å². The van der Waals surface area contributed by atoms with Gasteiger partial charge in [-0.2, -0.15) is 0 Å². The Morgan fingerprint density at radius 3 is 3.21 bits per heavy atom. The maximum Gasteiger partial charge on any atom is 0.209 e. The normalized spacial score (nSPS) is 20.6. The van der Waals surface area contributed by atoms with Crippen LogP contribution in [0.3, 0.4) is 0 Å². The number of oxazole rings is 1. The van der Waals surface area contributed by atoms with Gasteiger partial charge in [0.25, 0.3) is 0 Å². The first-order chi connectivity index (χ1) is 9.31. The van der Waals surface area contributed by atoms with Crippen molar-refractivity contribution in [3.63, 3.8) is 0 Å². The molecule has 0 bridgehead atoms. The number of rotatable bonds is 3. The zero-order valence-corrected chi connectivity index (χ0v) is 12.3. The average molecular weight is 325 g/mol. The second kappa shape index (κ2) is 6.03. The molecule has 1 saturated heterocycles. The molecule has 0 saturated carbocycles. The zero-order valence-electron chi connectivity index (χ0n) is 10.7. The van der Waals surface area contributed by atoms with Crippen LogP contribution in [0.4, 0.5) is 0 Å². The summed E-state index contributed by atoms with van der Waals surface area (Å²) < 4.78 is 12.2. The Balaban J connectivity index is 1.64. The van der Waals surface area contributed by atoms with Gasteiger partial charge in [-0.15, -0.1) is 0 Å². The number of benzene rings is 1. The summed E-state index contributed by atoms with van der Waals surface area (Å²) in [7, 11) is 0. The van der Waals surface area contributed by atoms with Crippen LogP contribution in [-0.4, -0.2) is 24.2 Å². The second-order valence-electron chi connectivity index (χ2n) is 4.84. The lowest BCUT2D eigenvalue weighted by Crippen LogP contribution is -2.28. The Hall–Kier alpha value is -0.910. The van der Waals surface area contributed by atoms with Crippen molar-refractivity contribution < 1.29 is 9.15 Å². The topological polar surface area (TPSA) is 47.3 Å². The van der Waals surface area contributed by atoms with E-state index in [1.807, 2.05) is 18.2 Å². The molecule has 1 atom stereocenters. The Bertz CT molecular complexity index is 547. The smallest absolute Gasteiger partial charge is 0.209 e. The number of fused-ring (bicyclic) bond motifs is 1. The van der Waals surface area contributed by atoms with E-state index in [2.05, 4.69) is 26.2 Å². The first kappa shape index (κ1) is 13.1. The summed E-state index contributed by atoms with van der Waals surface area (Å²) in [5.74, 6) is 0.748. The third-order valence-corrected chi connectivity index (χ3v) is 3.88. The van der Waals surface area contributed by atoms with Gasteiger partial charge in [0.2, 0.25) is 5.89 Å². The van der Waals surface area contributed by atoms with E-state index in [1.54, 1.807) is 0 Å². The van der Waals surface area contributed by atoms with Crippen LogP contribution in [0.5, 0.6) is 0 Å². The highest BCUT2D eigenvalue weighted by molar-refractivity contribution is 9.10. The van der Waals surface area contributed by atoms with Crippen LogP contribution in [-0.2, 0) is 11.3 Å². The van der Waals surface area contributed by atoms with Crippen LogP contribution in [0.2, 0.25) is 0 Å². The molecular formula is C14H17BrN2O2. The largest absolute Gasteiger partial charge is 0.439 e.